The lowest BCUT2D eigenvalue weighted by Gasteiger charge is -2.04. The molecule has 0 spiro atoms. The van der Waals surface area contributed by atoms with Gasteiger partial charge in [0.2, 0.25) is 0 Å². The molecule has 42 valence electrons. The van der Waals surface area contributed by atoms with Crippen LogP contribution in [-0.4, -0.2) is 17.5 Å². The smallest absolute Gasteiger partial charge is 0.0317 e. The van der Waals surface area contributed by atoms with Gasteiger partial charge in [-0.25, -0.2) is 4.42 Å². The highest BCUT2D eigenvalue weighted by molar-refractivity contribution is 6.13. The summed E-state index contributed by atoms with van der Waals surface area (Å²) < 4.78 is 1.66. The van der Waals surface area contributed by atoms with E-state index in [9.17, 15) is 0 Å². The first kappa shape index (κ1) is 6.99. The van der Waals surface area contributed by atoms with Crippen molar-refractivity contribution >= 4 is 11.8 Å². The van der Waals surface area contributed by atoms with Crippen molar-refractivity contribution in [2.24, 2.45) is 0 Å². The molecule has 0 N–H and O–H groups in total. The predicted molar refractivity (Wildman–Crippen MR) is 33.3 cm³/mol. The van der Waals surface area contributed by atoms with Crippen LogP contribution in [0.3, 0.4) is 0 Å². The maximum absolute atomic E-state index is 5.53. The first-order valence-corrected chi connectivity index (χ1v) is 2.66. The molecule has 0 aliphatic rings. The minimum Gasteiger partial charge on any atom is -0.217 e. The lowest BCUT2D eigenvalue weighted by atomic mass is 10.6. The van der Waals surface area contributed by atoms with E-state index in [1.54, 1.807) is 10.5 Å². The molecule has 0 saturated heterocycles. The first-order valence-electron chi connectivity index (χ1n) is 2.33. The van der Waals surface area contributed by atoms with Gasteiger partial charge in [-0.3, -0.25) is 0 Å². The summed E-state index contributed by atoms with van der Waals surface area (Å²) in [6.07, 6.45) is 1.77. The Bertz CT molecular complexity index is 54.0. The maximum Gasteiger partial charge on any atom is 0.0317 e. The molecule has 7 heavy (non-hydrogen) atoms. The zero-order valence-corrected chi connectivity index (χ0v) is 5.28. The molecule has 0 aromatic heterocycles. The fourth-order valence-corrected chi connectivity index (χ4v) is 0.367. The van der Waals surface area contributed by atoms with Crippen molar-refractivity contribution in [3.05, 3.63) is 12.7 Å². The van der Waals surface area contributed by atoms with E-state index < -0.39 is 0 Å². The molecule has 0 aliphatic carbocycles. The van der Waals surface area contributed by atoms with Crippen LogP contribution in [0.5, 0.6) is 0 Å². The van der Waals surface area contributed by atoms with E-state index >= 15 is 0 Å². The summed E-state index contributed by atoms with van der Waals surface area (Å²) in [4.78, 5) is 0. The van der Waals surface area contributed by atoms with Gasteiger partial charge >= 0.3 is 0 Å². The Morgan fingerprint density at radius 3 is 2.57 bits per heavy atom. The second-order valence-electron chi connectivity index (χ2n) is 1.25. The molecular weight excluding hydrogens is 110 g/mol. The third kappa shape index (κ3) is 3.83. The van der Waals surface area contributed by atoms with Gasteiger partial charge in [-0.05, 0) is 11.8 Å². The van der Waals surface area contributed by atoms with E-state index in [2.05, 4.69) is 6.58 Å². The van der Waals surface area contributed by atoms with Crippen LogP contribution in [0.1, 0.15) is 6.92 Å². The third-order valence-electron chi connectivity index (χ3n) is 0.670. The molecular formula is C5H10ClN. The van der Waals surface area contributed by atoms with Gasteiger partial charge in [-0.1, -0.05) is 13.0 Å². The maximum atomic E-state index is 5.53. The highest BCUT2D eigenvalue weighted by Crippen LogP contribution is 1.89. The van der Waals surface area contributed by atoms with E-state index in [1.165, 1.54) is 0 Å². The molecule has 0 aromatic carbocycles. The lowest BCUT2D eigenvalue weighted by molar-refractivity contribution is 0.532. The molecule has 0 aliphatic heterocycles. The minimum atomic E-state index is 0.762. The largest absolute Gasteiger partial charge is 0.217 e. The Labute approximate surface area is 49.7 Å². The molecule has 0 amide bonds. The van der Waals surface area contributed by atoms with Crippen molar-refractivity contribution in [1.82, 2.24) is 4.42 Å². The summed E-state index contributed by atoms with van der Waals surface area (Å²) in [7, 11) is 0. The van der Waals surface area contributed by atoms with Crippen LogP contribution in [0.25, 0.3) is 0 Å². The van der Waals surface area contributed by atoms with Gasteiger partial charge in [0, 0.05) is 13.1 Å². The number of hydrogen-bond donors (Lipinski definition) is 0. The Balaban J connectivity index is 2.98. The Kier molecular flexibility index (Phi) is 4.15. The van der Waals surface area contributed by atoms with Gasteiger partial charge in [0.15, 0.2) is 0 Å². The van der Waals surface area contributed by atoms with Gasteiger partial charge in [0.05, 0.1) is 0 Å². The van der Waals surface area contributed by atoms with Crippen LogP contribution < -0.4 is 0 Å². The average molecular weight is 120 g/mol. The van der Waals surface area contributed by atoms with Gasteiger partial charge in [-0.15, -0.1) is 6.58 Å². The van der Waals surface area contributed by atoms with Gasteiger partial charge in [-0.2, -0.15) is 0 Å². The molecule has 0 saturated carbocycles. The van der Waals surface area contributed by atoms with Crippen molar-refractivity contribution in [1.29, 1.82) is 0 Å². The number of rotatable bonds is 3. The second-order valence-corrected chi connectivity index (χ2v) is 1.73. The van der Waals surface area contributed by atoms with Crippen LogP contribution in [0, 0.1) is 0 Å². The Hall–Kier alpha value is -0.0100. The number of nitrogens with zero attached hydrogens (tertiary/aromatic N) is 1. The summed E-state index contributed by atoms with van der Waals surface area (Å²) in [6, 6.07) is 0. The normalized spacial score (nSPS) is 9.57. The Morgan fingerprint density at radius 2 is 2.43 bits per heavy atom. The molecule has 2 heteroatoms. The second kappa shape index (κ2) is 4.16. The van der Waals surface area contributed by atoms with Gasteiger partial charge in [0.25, 0.3) is 0 Å². The zero-order valence-electron chi connectivity index (χ0n) is 4.52. The SMILES string of the molecule is C=CCN(Cl)CC. The van der Waals surface area contributed by atoms with Crippen LogP contribution in [0.15, 0.2) is 12.7 Å². The highest BCUT2D eigenvalue weighted by atomic mass is 35.5. The quantitative estimate of drug-likeness (QED) is 0.403. The van der Waals surface area contributed by atoms with Crippen LogP contribution >= 0.6 is 11.8 Å². The summed E-state index contributed by atoms with van der Waals surface area (Å²) in [5.41, 5.74) is 0. The molecule has 0 fully saturated rings. The number of halogens is 1. The molecule has 0 aromatic rings. The summed E-state index contributed by atoms with van der Waals surface area (Å²) in [6.45, 7) is 7.15. The third-order valence-corrected chi connectivity index (χ3v) is 1.05. The van der Waals surface area contributed by atoms with Gasteiger partial charge < -0.3 is 0 Å². The summed E-state index contributed by atoms with van der Waals surface area (Å²) in [5, 5.41) is 0. The predicted octanol–water partition coefficient (Wildman–Crippen LogP) is 1.65. The van der Waals surface area contributed by atoms with Crippen LogP contribution in [-0.2, 0) is 0 Å². The van der Waals surface area contributed by atoms with Crippen LogP contribution in [0.4, 0.5) is 0 Å². The molecule has 0 unspecified atom stereocenters. The van der Waals surface area contributed by atoms with Crippen molar-refractivity contribution in [2.45, 2.75) is 6.92 Å². The molecule has 0 atom stereocenters. The van der Waals surface area contributed by atoms with E-state index in [-0.39, 0.29) is 0 Å². The Morgan fingerprint density at radius 1 is 1.86 bits per heavy atom. The zero-order chi connectivity index (χ0) is 5.70. The lowest BCUT2D eigenvalue weighted by Crippen LogP contribution is -2.09. The summed E-state index contributed by atoms with van der Waals surface area (Å²) in [5.74, 6) is 0. The molecule has 0 radical (unpaired) electrons. The first-order chi connectivity index (χ1) is 3.31. The topological polar surface area (TPSA) is 3.24 Å². The molecule has 1 nitrogen and oxygen atoms in total. The van der Waals surface area contributed by atoms with E-state index in [4.69, 9.17) is 11.8 Å². The highest BCUT2D eigenvalue weighted by Gasteiger charge is 1.87. The van der Waals surface area contributed by atoms with Crippen molar-refractivity contribution in [3.63, 3.8) is 0 Å². The minimum absolute atomic E-state index is 0.762. The monoisotopic (exact) mass is 119 g/mol. The molecule has 0 rings (SSSR count). The van der Waals surface area contributed by atoms with Crippen molar-refractivity contribution < 1.29 is 0 Å². The van der Waals surface area contributed by atoms with Crippen molar-refractivity contribution in [3.8, 4) is 0 Å². The van der Waals surface area contributed by atoms with Crippen LogP contribution in [0.2, 0.25) is 0 Å². The molecule has 0 bridgehead atoms. The van der Waals surface area contributed by atoms with E-state index in [0.717, 1.165) is 13.1 Å². The fraction of sp³-hybridized carbons (Fsp3) is 0.600. The van der Waals surface area contributed by atoms with Gasteiger partial charge in [0.1, 0.15) is 0 Å². The number of hydrogen-bond acceptors (Lipinski definition) is 1. The van der Waals surface area contributed by atoms with E-state index in [0.29, 0.717) is 0 Å². The fourth-order valence-electron chi connectivity index (χ4n) is 0.269. The van der Waals surface area contributed by atoms with Crippen molar-refractivity contribution in [2.75, 3.05) is 13.1 Å². The average Bonchev–Trinajstić information content (AvgIpc) is 1.68. The molecule has 0 heterocycles. The summed E-state index contributed by atoms with van der Waals surface area (Å²) >= 11 is 5.53. The number of likely N-dealkylation sites (N-methyl/N-ethyl adjacent to an activating group) is 1. The van der Waals surface area contributed by atoms with E-state index in [1.807, 2.05) is 6.92 Å². The standard InChI is InChI=1S/C5H10ClN/c1-3-5-7(6)4-2/h3H,1,4-5H2,2H3.